The minimum Gasteiger partial charge on any atom is -0.480 e. The van der Waals surface area contributed by atoms with Gasteiger partial charge in [0.25, 0.3) is 0 Å². The minimum absolute atomic E-state index is 0.00934. The molecule has 0 saturated carbocycles. The van der Waals surface area contributed by atoms with E-state index in [4.69, 9.17) is 11.5 Å². The maximum Gasteiger partial charge on any atom is 0.323 e. The van der Waals surface area contributed by atoms with E-state index in [2.05, 4.69) is 30.0 Å². The molecule has 0 aliphatic rings. The van der Waals surface area contributed by atoms with Gasteiger partial charge in [-0.2, -0.15) is 0 Å². The second-order valence-electron chi connectivity index (χ2n) is 4.12. The fourth-order valence-corrected chi connectivity index (χ4v) is 1.65. The highest BCUT2D eigenvalue weighted by Crippen LogP contribution is 1.91. The van der Waals surface area contributed by atoms with Crippen LogP contribution in [0.3, 0.4) is 0 Å². The molecule has 6 heteroatoms. The number of aliphatic carboxylic acids is 1. The number of nitrogens with one attached hydrogen (secondary N) is 1. The molecule has 0 saturated heterocycles. The summed E-state index contributed by atoms with van der Waals surface area (Å²) >= 11 is 0. The largest absolute Gasteiger partial charge is 0.480 e. The number of terminal acetylenes is 1. The summed E-state index contributed by atoms with van der Waals surface area (Å²) in [5, 5.41) is 11.4. The molecule has 0 bridgehead atoms. The zero-order chi connectivity index (χ0) is 14.7. The van der Waals surface area contributed by atoms with Crippen molar-refractivity contribution in [3.05, 3.63) is 0 Å². The Labute approximate surface area is 114 Å². The van der Waals surface area contributed by atoms with Gasteiger partial charge in [-0.25, -0.2) is 4.79 Å². The molecule has 0 spiro atoms. The van der Waals surface area contributed by atoms with Crippen molar-refractivity contribution >= 4 is 12.0 Å². The van der Waals surface area contributed by atoms with E-state index in [0.29, 0.717) is 6.54 Å². The fourth-order valence-electron chi connectivity index (χ4n) is 1.65. The van der Waals surface area contributed by atoms with Crippen molar-refractivity contribution in [1.29, 1.82) is 0 Å². The highest BCUT2D eigenvalue weighted by atomic mass is 16.4. The van der Waals surface area contributed by atoms with Crippen LogP contribution in [0.4, 0.5) is 4.79 Å². The number of hydrogen-bond donors (Lipinski definition) is 2. The maximum atomic E-state index is 11.7. The Morgan fingerprint density at radius 2 is 2.00 bits per heavy atom. The molecule has 0 aliphatic heterocycles. The Morgan fingerprint density at radius 3 is 2.47 bits per heavy atom. The third-order valence-corrected chi connectivity index (χ3v) is 2.59. The molecular weight excluding hydrogens is 246 g/mol. The second kappa shape index (κ2) is 10.2. The lowest BCUT2D eigenvalue weighted by Crippen LogP contribution is -2.45. The number of amides is 2. The van der Waals surface area contributed by atoms with Gasteiger partial charge in [-0.15, -0.1) is 6.42 Å². The number of nitrogens with zero attached hydrogens (tertiary/aromatic N) is 2. The first-order valence-corrected chi connectivity index (χ1v) is 6.45. The number of carbonyl (C=O) groups is 2. The van der Waals surface area contributed by atoms with Crippen molar-refractivity contribution in [3.8, 4) is 12.3 Å². The quantitative estimate of drug-likeness (QED) is 0.596. The summed E-state index contributed by atoms with van der Waals surface area (Å²) in [5.41, 5.74) is 0. The molecule has 2 N–H and O–H groups in total. The summed E-state index contributed by atoms with van der Waals surface area (Å²) in [6, 6.07) is -0.437. The van der Waals surface area contributed by atoms with Gasteiger partial charge in [-0.05, 0) is 19.5 Å². The predicted octanol–water partition coefficient (Wildman–Crippen LogP) is 0.448. The molecule has 0 aromatic carbocycles. The Kier molecular flexibility index (Phi) is 9.27. The summed E-state index contributed by atoms with van der Waals surface area (Å²) < 4.78 is 0. The van der Waals surface area contributed by atoms with Crippen LogP contribution >= 0.6 is 0 Å². The average Bonchev–Trinajstić information content (AvgIpc) is 2.36. The molecule has 108 valence electrons. The first-order valence-electron chi connectivity index (χ1n) is 6.45. The molecule has 2 amide bonds. The average molecular weight is 269 g/mol. The van der Waals surface area contributed by atoms with E-state index in [1.807, 2.05) is 0 Å². The third-order valence-electron chi connectivity index (χ3n) is 2.59. The fraction of sp³-hybridized carbons (Fsp3) is 0.692. The van der Waals surface area contributed by atoms with Crippen molar-refractivity contribution in [2.24, 2.45) is 0 Å². The van der Waals surface area contributed by atoms with Gasteiger partial charge in [-0.1, -0.05) is 19.8 Å². The van der Waals surface area contributed by atoms with E-state index >= 15 is 0 Å². The van der Waals surface area contributed by atoms with E-state index in [9.17, 15) is 9.59 Å². The molecule has 0 aromatic rings. The van der Waals surface area contributed by atoms with Crippen molar-refractivity contribution < 1.29 is 14.7 Å². The lowest BCUT2D eigenvalue weighted by molar-refractivity contribution is -0.137. The normalized spacial score (nSPS) is 10.0. The highest BCUT2D eigenvalue weighted by molar-refractivity contribution is 5.80. The summed E-state index contributed by atoms with van der Waals surface area (Å²) in [7, 11) is 0. The molecular formula is C13H23N3O3. The van der Waals surface area contributed by atoms with Gasteiger partial charge in [0.15, 0.2) is 0 Å². The predicted molar refractivity (Wildman–Crippen MR) is 73.8 cm³/mol. The number of carboxylic acid groups (broad SMARTS) is 1. The molecule has 0 fully saturated rings. The Balaban J connectivity index is 4.11. The summed E-state index contributed by atoms with van der Waals surface area (Å²) in [6.45, 7) is 6.89. The highest BCUT2D eigenvalue weighted by Gasteiger charge is 2.15. The van der Waals surface area contributed by atoms with Gasteiger partial charge in [-0.3, -0.25) is 4.79 Å². The van der Waals surface area contributed by atoms with E-state index in [1.54, 1.807) is 0 Å². The van der Waals surface area contributed by atoms with Gasteiger partial charge in [0.1, 0.15) is 6.54 Å². The lowest BCUT2D eigenvalue weighted by Gasteiger charge is -2.22. The molecule has 0 atom stereocenters. The van der Waals surface area contributed by atoms with Crippen LogP contribution in [0.15, 0.2) is 0 Å². The molecule has 0 aliphatic carbocycles. The topological polar surface area (TPSA) is 72.9 Å². The summed E-state index contributed by atoms with van der Waals surface area (Å²) in [4.78, 5) is 25.6. The summed E-state index contributed by atoms with van der Waals surface area (Å²) in [5.74, 6) is 1.20. The van der Waals surface area contributed by atoms with E-state index in [1.165, 1.54) is 0 Å². The van der Waals surface area contributed by atoms with E-state index in [-0.39, 0.29) is 13.1 Å². The number of carbonyl (C=O) groups excluding carboxylic acids is 1. The van der Waals surface area contributed by atoms with Gasteiger partial charge in [0, 0.05) is 13.1 Å². The molecule has 0 rings (SSSR count). The molecule has 6 nitrogen and oxygen atoms in total. The van der Waals surface area contributed by atoms with Crippen LogP contribution in [0.2, 0.25) is 0 Å². The van der Waals surface area contributed by atoms with Crippen LogP contribution in [0.25, 0.3) is 0 Å². The van der Waals surface area contributed by atoms with Crippen molar-refractivity contribution in [1.82, 2.24) is 15.1 Å². The summed E-state index contributed by atoms with van der Waals surface area (Å²) in [6.07, 6.45) is 6.17. The Bertz CT molecular complexity index is 326. The first-order chi connectivity index (χ1) is 9.04. The van der Waals surface area contributed by atoms with Crippen LogP contribution in [-0.4, -0.2) is 66.2 Å². The number of hydrogen-bond acceptors (Lipinski definition) is 3. The smallest absolute Gasteiger partial charge is 0.323 e. The second-order valence-corrected chi connectivity index (χ2v) is 4.12. The minimum atomic E-state index is -1.08. The van der Waals surface area contributed by atoms with Crippen LogP contribution < -0.4 is 5.32 Å². The standard InChI is InChI=1S/C13H23N3O3/c1-4-8-15(6-3)10-7-14-13(19)16(9-5-2)11-12(17)18/h2H,4,6-11H2,1,3H3,(H,14,19)(H,17,18). The van der Waals surface area contributed by atoms with Gasteiger partial charge >= 0.3 is 12.0 Å². The number of likely N-dealkylation sites (N-methyl/N-ethyl adjacent to an activating group) is 1. The van der Waals surface area contributed by atoms with Gasteiger partial charge in [0.05, 0.1) is 6.54 Å². The molecule has 0 unspecified atom stereocenters. The van der Waals surface area contributed by atoms with Crippen LogP contribution in [0, 0.1) is 12.3 Å². The Morgan fingerprint density at radius 1 is 1.32 bits per heavy atom. The zero-order valence-electron chi connectivity index (χ0n) is 11.7. The molecule has 19 heavy (non-hydrogen) atoms. The third kappa shape index (κ3) is 8.06. The monoisotopic (exact) mass is 269 g/mol. The van der Waals surface area contributed by atoms with Crippen molar-refractivity contribution in [2.45, 2.75) is 20.3 Å². The van der Waals surface area contributed by atoms with Crippen LogP contribution in [0.5, 0.6) is 0 Å². The molecule has 0 aromatic heterocycles. The number of carboxylic acids is 1. The van der Waals surface area contributed by atoms with Crippen LogP contribution in [-0.2, 0) is 4.79 Å². The maximum absolute atomic E-state index is 11.7. The number of urea groups is 1. The van der Waals surface area contributed by atoms with E-state index in [0.717, 1.165) is 31.0 Å². The Hall–Kier alpha value is -1.74. The van der Waals surface area contributed by atoms with Gasteiger partial charge in [0.2, 0.25) is 0 Å². The first kappa shape index (κ1) is 17.3. The number of rotatable bonds is 9. The molecule has 0 radical (unpaired) electrons. The van der Waals surface area contributed by atoms with E-state index < -0.39 is 12.0 Å². The molecule has 0 heterocycles. The van der Waals surface area contributed by atoms with Crippen LogP contribution in [0.1, 0.15) is 20.3 Å². The SMILES string of the molecule is C#CCN(CC(=O)O)C(=O)NCCN(CC)CCC. The van der Waals surface area contributed by atoms with Crippen molar-refractivity contribution in [3.63, 3.8) is 0 Å². The van der Waals surface area contributed by atoms with Crippen molar-refractivity contribution in [2.75, 3.05) is 39.3 Å². The zero-order valence-corrected chi connectivity index (χ0v) is 11.7. The van der Waals surface area contributed by atoms with Gasteiger partial charge < -0.3 is 20.2 Å². The lowest BCUT2D eigenvalue weighted by atomic mass is 10.4.